The van der Waals surface area contributed by atoms with Crippen LogP contribution in [0.25, 0.3) is 0 Å². The zero-order valence-corrected chi connectivity index (χ0v) is 12.8. The highest BCUT2D eigenvalue weighted by Crippen LogP contribution is 2.38. The number of nitrogens with zero attached hydrogens (tertiary/aromatic N) is 1. The number of nitrogens with one attached hydrogen (secondary N) is 1. The second-order valence-corrected chi connectivity index (χ2v) is 5.86. The predicted molar refractivity (Wildman–Crippen MR) is 78.6 cm³/mol. The number of β-amino-alcohol motifs (C(OH)–C–C–N with tert-alkyl or cyclic N) is 1. The quantitative estimate of drug-likeness (QED) is 0.632. The third kappa shape index (κ3) is 4.26. The van der Waals surface area contributed by atoms with E-state index in [1.165, 1.54) is 18.2 Å². The monoisotopic (exact) mass is 346 g/mol. The van der Waals surface area contributed by atoms with Gasteiger partial charge in [-0.05, 0) is 36.4 Å². The third-order valence-electron chi connectivity index (χ3n) is 3.04. The van der Waals surface area contributed by atoms with Gasteiger partial charge in [-0.25, -0.2) is 0 Å². The molecule has 5 nitrogen and oxygen atoms in total. The summed E-state index contributed by atoms with van der Waals surface area (Å²) in [6, 6.07) is 4.08. The first kappa shape index (κ1) is 17.4. The molecule has 124 valence electrons. The van der Waals surface area contributed by atoms with Crippen LogP contribution < -0.4 is 5.32 Å². The molecule has 0 fully saturated rings. The lowest BCUT2D eigenvalue weighted by Crippen LogP contribution is -2.34. The second kappa shape index (κ2) is 6.63. The van der Waals surface area contributed by atoms with Crippen LogP contribution in [0.5, 0.6) is 0 Å². The molecule has 1 aromatic carbocycles. The lowest BCUT2D eigenvalue weighted by Gasteiger charge is -2.15. The van der Waals surface area contributed by atoms with Gasteiger partial charge in [0, 0.05) is 16.7 Å². The van der Waals surface area contributed by atoms with Crippen LogP contribution in [0, 0.1) is 6.92 Å². The molecule has 0 aliphatic carbocycles. The normalized spacial score (nSPS) is 15.2. The van der Waals surface area contributed by atoms with Gasteiger partial charge in [-0.2, -0.15) is 13.2 Å². The number of carbonyl (C=O) groups is 2. The molecule has 1 heterocycles. The summed E-state index contributed by atoms with van der Waals surface area (Å²) in [5.74, 6) is -1.21. The molecular formula is C14H13F3N2O3S. The zero-order chi connectivity index (χ0) is 17.2. The van der Waals surface area contributed by atoms with Crippen molar-refractivity contribution in [2.45, 2.75) is 17.3 Å². The molecule has 0 saturated carbocycles. The average molecular weight is 346 g/mol. The minimum Gasteiger partial charge on any atom is -0.395 e. The number of aliphatic hydroxyl groups excluding tert-OH is 1. The Morgan fingerprint density at radius 3 is 2.61 bits per heavy atom. The summed E-state index contributed by atoms with van der Waals surface area (Å²) in [6.45, 7) is 1.16. The van der Waals surface area contributed by atoms with Gasteiger partial charge in [0.05, 0.1) is 13.2 Å². The summed E-state index contributed by atoms with van der Waals surface area (Å²) in [6.07, 6.45) is 1.06. The maximum absolute atomic E-state index is 12.4. The smallest absolute Gasteiger partial charge is 0.395 e. The van der Waals surface area contributed by atoms with Gasteiger partial charge in [0.1, 0.15) is 5.70 Å². The second-order valence-electron chi connectivity index (χ2n) is 4.73. The first-order valence-corrected chi connectivity index (χ1v) is 7.34. The number of alkyl halides is 3. The molecular weight excluding hydrogens is 333 g/mol. The number of rotatable bonds is 5. The summed E-state index contributed by atoms with van der Waals surface area (Å²) in [4.78, 5) is 24.5. The van der Waals surface area contributed by atoms with Crippen LogP contribution in [0.4, 0.5) is 18.9 Å². The van der Waals surface area contributed by atoms with Crippen molar-refractivity contribution in [3.8, 4) is 0 Å². The standard InChI is InChI=1S/C14H13F3N2O3S/c1-8-2-3-9(23-14(15,16)17)6-10(8)18-11-7-12(21)19(4-5-20)13(11)22/h2-3,6-7,18,20H,4-5H2,1H3. The number of benzene rings is 1. The lowest BCUT2D eigenvalue weighted by molar-refractivity contribution is -0.137. The SMILES string of the molecule is Cc1ccc(SC(F)(F)F)cc1NC1=CC(=O)N(CCO)C1=O. The van der Waals surface area contributed by atoms with Crippen molar-refractivity contribution >= 4 is 29.3 Å². The Morgan fingerprint density at radius 2 is 2.00 bits per heavy atom. The number of imide groups is 1. The van der Waals surface area contributed by atoms with Gasteiger partial charge >= 0.3 is 5.51 Å². The largest absolute Gasteiger partial charge is 0.446 e. The van der Waals surface area contributed by atoms with Crippen molar-refractivity contribution in [1.29, 1.82) is 0 Å². The Hall–Kier alpha value is -2.00. The predicted octanol–water partition coefficient (Wildman–Crippen LogP) is 2.26. The number of aryl methyl sites for hydroxylation is 1. The highest BCUT2D eigenvalue weighted by molar-refractivity contribution is 8.00. The number of carbonyl (C=O) groups excluding carboxylic acids is 2. The van der Waals surface area contributed by atoms with Crippen molar-refractivity contribution in [2.75, 3.05) is 18.5 Å². The summed E-state index contributed by atoms with van der Waals surface area (Å²) in [7, 11) is 0. The number of anilines is 1. The van der Waals surface area contributed by atoms with Crippen molar-refractivity contribution < 1.29 is 27.9 Å². The average Bonchev–Trinajstić information content (AvgIpc) is 2.69. The minimum absolute atomic E-state index is 0.0322. The van der Waals surface area contributed by atoms with Gasteiger partial charge in [0.25, 0.3) is 11.8 Å². The Labute approximate surface area is 134 Å². The molecule has 0 atom stereocenters. The van der Waals surface area contributed by atoms with Crippen LogP contribution in [0.15, 0.2) is 34.9 Å². The first-order chi connectivity index (χ1) is 10.7. The molecule has 2 N–H and O–H groups in total. The molecule has 0 radical (unpaired) electrons. The van der Waals surface area contributed by atoms with Gasteiger partial charge in [-0.15, -0.1) is 0 Å². The maximum Gasteiger partial charge on any atom is 0.446 e. The molecule has 2 amide bonds. The molecule has 0 unspecified atom stereocenters. The Morgan fingerprint density at radius 1 is 1.30 bits per heavy atom. The first-order valence-electron chi connectivity index (χ1n) is 6.53. The van der Waals surface area contributed by atoms with Crippen molar-refractivity contribution in [2.24, 2.45) is 0 Å². The number of halogens is 3. The van der Waals surface area contributed by atoms with Crippen molar-refractivity contribution in [3.05, 3.63) is 35.5 Å². The van der Waals surface area contributed by atoms with Crippen LogP contribution >= 0.6 is 11.8 Å². The van der Waals surface area contributed by atoms with Gasteiger partial charge in [0.15, 0.2) is 0 Å². The highest BCUT2D eigenvalue weighted by Gasteiger charge is 2.32. The van der Waals surface area contributed by atoms with E-state index in [1.54, 1.807) is 6.92 Å². The highest BCUT2D eigenvalue weighted by atomic mass is 32.2. The van der Waals surface area contributed by atoms with Crippen molar-refractivity contribution in [3.63, 3.8) is 0 Å². The molecule has 0 spiro atoms. The van der Waals surface area contributed by atoms with E-state index < -0.39 is 17.3 Å². The fourth-order valence-corrected chi connectivity index (χ4v) is 2.57. The van der Waals surface area contributed by atoms with E-state index in [9.17, 15) is 22.8 Å². The van der Waals surface area contributed by atoms with E-state index >= 15 is 0 Å². The third-order valence-corrected chi connectivity index (χ3v) is 3.77. The van der Waals surface area contributed by atoms with Crippen molar-refractivity contribution in [1.82, 2.24) is 4.90 Å². The molecule has 9 heteroatoms. The minimum atomic E-state index is -4.41. The topological polar surface area (TPSA) is 69.6 Å². The summed E-state index contributed by atoms with van der Waals surface area (Å²) >= 11 is -0.263. The van der Waals surface area contributed by atoms with E-state index in [2.05, 4.69) is 5.32 Å². The Kier molecular flexibility index (Phi) is 5.00. The number of thioether (sulfide) groups is 1. The summed E-state index contributed by atoms with van der Waals surface area (Å²) < 4.78 is 37.3. The number of aliphatic hydroxyl groups is 1. The molecule has 0 bridgehead atoms. The van der Waals surface area contributed by atoms with E-state index in [0.717, 1.165) is 11.0 Å². The number of amides is 2. The molecule has 0 saturated heterocycles. The Balaban J connectivity index is 2.20. The van der Waals surface area contributed by atoms with E-state index in [1.807, 2.05) is 0 Å². The molecule has 0 aromatic heterocycles. The summed E-state index contributed by atoms with van der Waals surface area (Å²) in [5.41, 5.74) is -3.53. The van der Waals surface area contributed by atoms with Crippen LogP contribution in [0.1, 0.15) is 5.56 Å². The maximum atomic E-state index is 12.4. The molecule has 1 aliphatic heterocycles. The molecule has 1 aliphatic rings. The van der Waals surface area contributed by atoms with Gasteiger partial charge in [-0.3, -0.25) is 14.5 Å². The van der Waals surface area contributed by atoms with E-state index in [4.69, 9.17) is 5.11 Å². The van der Waals surface area contributed by atoms with Gasteiger partial charge < -0.3 is 10.4 Å². The molecule has 1 aromatic rings. The van der Waals surface area contributed by atoms with Crippen LogP contribution in [-0.2, 0) is 9.59 Å². The summed E-state index contributed by atoms with van der Waals surface area (Å²) in [5, 5.41) is 11.5. The van der Waals surface area contributed by atoms with Crippen LogP contribution in [0.3, 0.4) is 0 Å². The van der Waals surface area contributed by atoms with Crippen LogP contribution in [0.2, 0.25) is 0 Å². The lowest BCUT2D eigenvalue weighted by atomic mass is 10.2. The van der Waals surface area contributed by atoms with Gasteiger partial charge in [-0.1, -0.05) is 6.07 Å². The fourth-order valence-electron chi connectivity index (χ4n) is 1.99. The van der Waals surface area contributed by atoms with Crippen LogP contribution in [-0.4, -0.2) is 40.5 Å². The fraction of sp³-hybridized carbons (Fsp3) is 0.286. The Bertz CT molecular complexity index is 674. The number of hydrogen-bond acceptors (Lipinski definition) is 5. The number of hydrogen-bond donors (Lipinski definition) is 2. The zero-order valence-electron chi connectivity index (χ0n) is 12.0. The van der Waals surface area contributed by atoms with Gasteiger partial charge in [0.2, 0.25) is 0 Å². The molecule has 2 rings (SSSR count). The van der Waals surface area contributed by atoms with E-state index in [-0.39, 0.29) is 35.5 Å². The molecule has 23 heavy (non-hydrogen) atoms. The van der Waals surface area contributed by atoms with E-state index in [0.29, 0.717) is 11.3 Å².